The highest BCUT2D eigenvalue weighted by Gasteiger charge is 2.12. The lowest BCUT2D eigenvalue weighted by molar-refractivity contribution is -0.145. The Morgan fingerprint density at radius 1 is 1.24 bits per heavy atom. The monoisotopic (exact) mass is 235 g/mol. The number of benzene rings is 1. The number of carbonyl (C=O) groups is 1. The Morgan fingerprint density at radius 2 is 1.88 bits per heavy atom. The van der Waals surface area contributed by atoms with Gasteiger partial charge in [0, 0.05) is 6.42 Å². The van der Waals surface area contributed by atoms with Crippen molar-refractivity contribution >= 4 is 5.91 Å². The molecule has 1 amide bonds. The van der Waals surface area contributed by atoms with Gasteiger partial charge in [-0.05, 0) is 39.2 Å². The van der Waals surface area contributed by atoms with Crippen molar-refractivity contribution in [1.82, 2.24) is 5.48 Å². The molecular weight excluding hydrogens is 214 g/mol. The highest BCUT2D eigenvalue weighted by molar-refractivity contribution is 5.74. The van der Waals surface area contributed by atoms with Crippen LogP contribution >= 0.6 is 0 Å². The highest BCUT2D eigenvalue weighted by atomic mass is 16.7. The second kappa shape index (κ2) is 6.40. The van der Waals surface area contributed by atoms with Gasteiger partial charge in [0.25, 0.3) is 0 Å². The zero-order valence-electron chi connectivity index (χ0n) is 10.8. The van der Waals surface area contributed by atoms with E-state index in [4.69, 9.17) is 4.84 Å². The summed E-state index contributed by atoms with van der Waals surface area (Å²) >= 11 is 0. The highest BCUT2D eigenvalue weighted by Crippen LogP contribution is 2.06. The lowest BCUT2D eigenvalue weighted by Gasteiger charge is -2.18. The van der Waals surface area contributed by atoms with E-state index in [1.807, 2.05) is 39.0 Å². The summed E-state index contributed by atoms with van der Waals surface area (Å²) in [6.45, 7) is 5.70. The molecule has 0 saturated carbocycles. The zero-order chi connectivity index (χ0) is 12.7. The largest absolute Gasteiger partial charge is 0.273 e. The number of aryl methyl sites for hydroxylation is 1. The van der Waals surface area contributed by atoms with E-state index in [-0.39, 0.29) is 11.5 Å². The first-order valence-corrected chi connectivity index (χ1v) is 5.98. The van der Waals surface area contributed by atoms with Crippen molar-refractivity contribution in [2.24, 2.45) is 0 Å². The average Bonchev–Trinajstić information content (AvgIpc) is 2.27. The second-order valence-corrected chi connectivity index (χ2v) is 5.08. The van der Waals surface area contributed by atoms with Crippen LogP contribution in [0.3, 0.4) is 0 Å². The molecule has 17 heavy (non-hydrogen) atoms. The Bertz CT molecular complexity index is 341. The van der Waals surface area contributed by atoms with Gasteiger partial charge in [0.05, 0.1) is 5.60 Å². The standard InChI is InChI=1S/C14H21NO2/c1-14(2,3)17-15-13(16)11-7-10-12-8-5-4-6-9-12/h4-6,8-9H,7,10-11H2,1-3H3,(H,15,16). The average molecular weight is 235 g/mol. The van der Waals surface area contributed by atoms with Crippen molar-refractivity contribution in [2.75, 3.05) is 0 Å². The molecule has 0 aliphatic carbocycles. The smallest absolute Gasteiger partial charge is 0.243 e. The molecule has 1 rings (SSSR count). The molecule has 3 nitrogen and oxygen atoms in total. The van der Waals surface area contributed by atoms with Crippen molar-refractivity contribution in [2.45, 2.75) is 45.6 Å². The maximum Gasteiger partial charge on any atom is 0.243 e. The Morgan fingerprint density at radius 3 is 2.47 bits per heavy atom. The summed E-state index contributed by atoms with van der Waals surface area (Å²) in [5.41, 5.74) is 3.39. The molecular formula is C14H21NO2. The topological polar surface area (TPSA) is 38.3 Å². The minimum absolute atomic E-state index is 0.0594. The van der Waals surface area contributed by atoms with Crippen LogP contribution in [0.5, 0.6) is 0 Å². The van der Waals surface area contributed by atoms with E-state index < -0.39 is 0 Å². The third-order valence-corrected chi connectivity index (χ3v) is 2.18. The van der Waals surface area contributed by atoms with Gasteiger partial charge >= 0.3 is 0 Å². The number of hydroxylamine groups is 1. The molecule has 0 heterocycles. The predicted octanol–water partition coefficient (Wildman–Crippen LogP) is 2.86. The van der Waals surface area contributed by atoms with Crippen LogP contribution in [0.1, 0.15) is 39.2 Å². The number of amides is 1. The Kier molecular flexibility index (Phi) is 5.16. The molecule has 0 bridgehead atoms. The molecule has 1 aromatic carbocycles. The Hall–Kier alpha value is -1.35. The van der Waals surface area contributed by atoms with E-state index in [1.54, 1.807) is 0 Å². The third-order valence-electron chi connectivity index (χ3n) is 2.18. The molecule has 1 N–H and O–H groups in total. The lowest BCUT2D eigenvalue weighted by Crippen LogP contribution is -2.33. The summed E-state index contributed by atoms with van der Waals surface area (Å²) in [7, 11) is 0. The summed E-state index contributed by atoms with van der Waals surface area (Å²) in [5, 5.41) is 0. The van der Waals surface area contributed by atoms with E-state index in [0.29, 0.717) is 6.42 Å². The molecule has 1 aromatic rings. The zero-order valence-corrected chi connectivity index (χ0v) is 10.8. The summed E-state index contributed by atoms with van der Waals surface area (Å²) in [6, 6.07) is 10.2. The normalized spacial score (nSPS) is 11.2. The third kappa shape index (κ3) is 6.74. The molecule has 0 aliphatic rings. The van der Waals surface area contributed by atoms with Crippen LogP contribution in [0.2, 0.25) is 0 Å². The van der Waals surface area contributed by atoms with Crippen molar-refractivity contribution in [3.63, 3.8) is 0 Å². The van der Waals surface area contributed by atoms with Gasteiger partial charge in [0.1, 0.15) is 0 Å². The second-order valence-electron chi connectivity index (χ2n) is 5.08. The van der Waals surface area contributed by atoms with Gasteiger partial charge < -0.3 is 0 Å². The molecule has 0 spiro atoms. The van der Waals surface area contributed by atoms with Gasteiger partial charge in [-0.3, -0.25) is 9.63 Å². The van der Waals surface area contributed by atoms with Gasteiger partial charge in [-0.1, -0.05) is 30.3 Å². The summed E-state index contributed by atoms with van der Waals surface area (Å²) in [6.07, 6.45) is 2.25. The first-order chi connectivity index (χ1) is 7.97. The van der Waals surface area contributed by atoms with E-state index in [1.165, 1.54) is 5.56 Å². The van der Waals surface area contributed by atoms with Gasteiger partial charge in [0.15, 0.2) is 0 Å². The van der Waals surface area contributed by atoms with Gasteiger partial charge in [0.2, 0.25) is 5.91 Å². The molecule has 3 heteroatoms. The van der Waals surface area contributed by atoms with Crippen molar-refractivity contribution in [3.8, 4) is 0 Å². The number of nitrogens with one attached hydrogen (secondary N) is 1. The van der Waals surface area contributed by atoms with Crippen LogP contribution in [0.25, 0.3) is 0 Å². The van der Waals surface area contributed by atoms with Gasteiger partial charge in [-0.15, -0.1) is 0 Å². The van der Waals surface area contributed by atoms with Gasteiger partial charge in [-0.25, -0.2) is 5.48 Å². The van der Waals surface area contributed by atoms with Crippen molar-refractivity contribution in [1.29, 1.82) is 0 Å². The number of hydrogen-bond acceptors (Lipinski definition) is 2. The maximum atomic E-state index is 11.4. The number of carbonyl (C=O) groups excluding carboxylic acids is 1. The van der Waals surface area contributed by atoms with E-state index in [9.17, 15) is 4.79 Å². The van der Waals surface area contributed by atoms with Crippen LogP contribution in [0.4, 0.5) is 0 Å². The number of rotatable bonds is 5. The van der Waals surface area contributed by atoms with Crippen LogP contribution in [0.15, 0.2) is 30.3 Å². The van der Waals surface area contributed by atoms with E-state index >= 15 is 0 Å². The fourth-order valence-corrected chi connectivity index (χ4v) is 1.36. The predicted molar refractivity (Wildman–Crippen MR) is 68.4 cm³/mol. The molecule has 0 aromatic heterocycles. The minimum Gasteiger partial charge on any atom is -0.273 e. The summed E-state index contributed by atoms with van der Waals surface area (Å²) in [5.74, 6) is -0.0594. The van der Waals surface area contributed by atoms with Gasteiger partial charge in [-0.2, -0.15) is 0 Å². The van der Waals surface area contributed by atoms with E-state index in [0.717, 1.165) is 12.8 Å². The molecule has 0 atom stereocenters. The maximum absolute atomic E-state index is 11.4. The van der Waals surface area contributed by atoms with Crippen molar-refractivity contribution in [3.05, 3.63) is 35.9 Å². The summed E-state index contributed by atoms with van der Waals surface area (Å²) < 4.78 is 0. The molecule has 0 fully saturated rings. The Labute approximate surface area is 103 Å². The first kappa shape index (κ1) is 13.7. The lowest BCUT2D eigenvalue weighted by atomic mass is 10.1. The quantitative estimate of drug-likeness (QED) is 0.797. The molecule has 94 valence electrons. The minimum atomic E-state index is -0.338. The van der Waals surface area contributed by atoms with Crippen LogP contribution in [-0.2, 0) is 16.1 Å². The molecule has 0 aliphatic heterocycles. The molecule has 0 radical (unpaired) electrons. The molecule has 0 saturated heterocycles. The van der Waals surface area contributed by atoms with Crippen LogP contribution < -0.4 is 5.48 Å². The van der Waals surface area contributed by atoms with Crippen molar-refractivity contribution < 1.29 is 9.63 Å². The van der Waals surface area contributed by atoms with E-state index in [2.05, 4.69) is 17.6 Å². The first-order valence-electron chi connectivity index (χ1n) is 5.98. The SMILES string of the molecule is CC(C)(C)ONC(=O)CCCc1ccccc1. The Balaban J connectivity index is 2.17. The number of hydrogen-bond donors (Lipinski definition) is 1. The van der Waals surface area contributed by atoms with Crippen LogP contribution in [0, 0.1) is 0 Å². The fourth-order valence-electron chi connectivity index (χ4n) is 1.36. The fraction of sp³-hybridized carbons (Fsp3) is 0.500. The van der Waals surface area contributed by atoms with Crippen LogP contribution in [-0.4, -0.2) is 11.5 Å². The summed E-state index contributed by atoms with van der Waals surface area (Å²) in [4.78, 5) is 16.6. The molecule has 0 unspecified atom stereocenters.